The average molecular weight is 250 g/mol. The van der Waals surface area contributed by atoms with Crippen LogP contribution in [0.1, 0.15) is 0 Å². The number of anilines is 1. The van der Waals surface area contributed by atoms with E-state index in [9.17, 15) is 0 Å². The lowest BCUT2D eigenvalue weighted by Crippen LogP contribution is -1.97. The lowest BCUT2D eigenvalue weighted by atomic mass is 10.5. The van der Waals surface area contributed by atoms with Crippen molar-refractivity contribution in [2.45, 2.75) is 0 Å². The second-order valence-electron chi connectivity index (χ2n) is 3.06. The number of nitrogens with one attached hydrogen (secondary N) is 1. The van der Waals surface area contributed by atoms with Crippen LogP contribution in [0.2, 0.25) is 0 Å². The first kappa shape index (κ1) is 9.43. The molecule has 6 nitrogen and oxygen atoms in total. The van der Waals surface area contributed by atoms with Gasteiger partial charge in [0.1, 0.15) is 17.7 Å². The van der Waals surface area contributed by atoms with Crippen LogP contribution < -0.4 is 5.73 Å². The Labute approximate surface area is 98.8 Å². The van der Waals surface area contributed by atoms with Crippen molar-refractivity contribution in [3.05, 3.63) is 22.7 Å². The van der Waals surface area contributed by atoms with Gasteiger partial charge in [-0.3, -0.25) is 4.57 Å². The van der Waals surface area contributed by atoms with Crippen molar-refractivity contribution in [2.75, 3.05) is 5.73 Å². The molecule has 0 aliphatic rings. The quantitative estimate of drug-likeness (QED) is 0.639. The van der Waals surface area contributed by atoms with E-state index >= 15 is 0 Å². The monoisotopic (exact) mass is 250 g/mol. The first-order valence-electron chi connectivity index (χ1n) is 4.38. The van der Waals surface area contributed by atoms with E-state index in [1.807, 2.05) is 5.38 Å². The highest BCUT2D eigenvalue weighted by Crippen LogP contribution is 2.20. The van der Waals surface area contributed by atoms with Gasteiger partial charge in [0.2, 0.25) is 0 Å². The first-order valence-corrected chi connectivity index (χ1v) is 5.67. The molecule has 0 aromatic carbocycles. The molecule has 16 heavy (non-hydrogen) atoms. The third kappa shape index (κ3) is 1.31. The summed E-state index contributed by atoms with van der Waals surface area (Å²) in [5.41, 5.74) is 6.99. The molecule has 0 saturated heterocycles. The Hall–Kier alpha value is -1.80. The molecule has 3 aromatic rings. The number of aromatic amines is 1. The summed E-state index contributed by atoms with van der Waals surface area (Å²) in [6.45, 7) is 0. The summed E-state index contributed by atoms with van der Waals surface area (Å²) < 4.78 is 2.10. The van der Waals surface area contributed by atoms with Crippen molar-refractivity contribution >= 4 is 40.5 Å². The first-order chi connectivity index (χ1) is 7.75. The highest BCUT2D eigenvalue weighted by molar-refractivity contribution is 7.71. The molecule has 0 saturated carbocycles. The smallest absolute Gasteiger partial charge is 0.200 e. The Morgan fingerprint density at radius 3 is 3.06 bits per heavy atom. The maximum absolute atomic E-state index is 5.77. The molecule has 8 heteroatoms. The minimum Gasteiger partial charge on any atom is -0.383 e. The number of hydrogen-bond acceptors (Lipinski definition) is 6. The van der Waals surface area contributed by atoms with Crippen molar-refractivity contribution in [2.24, 2.45) is 0 Å². The fourth-order valence-electron chi connectivity index (χ4n) is 1.41. The van der Waals surface area contributed by atoms with E-state index in [0.717, 1.165) is 5.13 Å². The van der Waals surface area contributed by atoms with Crippen LogP contribution in [0.5, 0.6) is 0 Å². The van der Waals surface area contributed by atoms with Crippen LogP contribution in [0.25, 0.3) is 16.3 Å². The number of rotatable bonds is 1. The molecule has 80 valence electrons. The zero-order chi connectivity index (χ0) is 11.1. The molecule has 0 aliphatic heterocycles. The molecular weight excluding hydrogens is 244 g/mol. The van der Waals surface area contributed by atoms with E-state index in [-0.39, 0.29) is 0 Å². The van der Waals surface area contributed by atoms with Crippen molar-refractivity contribution in [3.8, 4) is 5.13 Å². The molecule has 0 bridgehead atoms. The number of hydrogen-bond donors (Lipinski definition) is 2. The molecule has 0 aliphatic carbocycles. The maximum atomic E-state index is 5.77. The molecule has 3 N–H and O–H groups in total. The molecular formula is C8H6N6S2. The summed E-state index contributed by atoms with van der Waals surface area (Å²) in [4.78, 5) is 15.3. The van der Waals surface area contributed by atoms with Gasteiger partial charge < -0.3 is 10.7 Å². The Morgan fingerprint density at radius 2 is 2.31 bits per heavy atom. The minimum absolute atomic E-state index is 0.336. The second-order valence-corrected chi connectivity index (χ2v) is 4.32. The number of fused-ring (bicyclic) bond motifs is 1. The summed E-state index contributed by atoms with van der Waals surface area (Å²) >= 11 is 6.47. The number of aromatic nitrogens is 5. The SMILES string of the molecule is Nc1[nH]c(=S)nc2c1ncn2-c1nccs1. The van der Waals surface area contributed by atoms with Crippen molar-refractivity contribution in [1.82, 2.24) is 24.5 Å². The van der Waals surface area contributed by atoms with Gasteiger partial charge in [0.15, 0.2) is 15.5 Å². The number of nitrogens with zero attached hydrogens (tertiary/aromatic N) is 4. The van der Waals surface area contributed by atoms with Crippen LogP contribution in [-0.2, 0) is 0 Å². The van der Waals surface area contributed by atoms with E-state index < -0.39 is 0 Å². The second kappa shape index (κ2) is 3.35. The standard InChI is InChI=1S/C8H6N6S2/c9-5-4-6(13-7(15)12-5)14(3-11-4)8-10-1-2-16-8/h1-3H,(H3,9,12,13,15). The molecule has 0 atom stereocenters. The van der Waals surface area contributed by atoms with E-state index in [0.29, 0.717) is 21.8 Å². The lowest BCUT2D eigenvalue weighted by molar-refractivity contribution is 1.03. The van der Waals surface area contributed by atoms with Crippen molar-refractivity contribution < 1.29 is 0 Å². The van der Waals surface area contributed by atoms with Crippen LogP contribution in [0, 0.1) is 4.77 Å². The Balaban J connectivity index is 2.40. The summed E-state index contributed by atoms with van der Waals surface area (Å²) in [6.07, 6.45) is 3.36. The molecule has 0 amide bonds. The van der Waals surface area contributed by atoms with Crippen molar-refractivity contribution in [3.63, 3.8) is 0 Å². The predicted molar refractivity (Wildman–Crippen MR) is 64.1 cm³/mol. The molecule has 0 unspecified atom stereocenters. The number of imidazole rings is 1. The number of H-pyrrole nitrogens is 1. The Morgan fingerprint density at radius 1 is 1.44 bits per heavy atom. The average Bonchev–Trinajstić information content (AvgIpc) is 2.83. The van der Waals surface area contributed by atoms with Gasteiger partial charge >= 0.3 is 0 Å². The molecule has 0 fully saturated rings. The lowest BCUT2D eigenvalue weighted by Gasteiger charge is -1.98. The highest BCUT2D eigenvalue weighted by Gasteiger charge is 2.10. The third-order valence-electron chi connectivity index (χ3n) is 2.07. The van der Waals surface area contributed by atoms with Crippen LogP contribution >= 0.6 is 23.6 Å². The Bertz CT molecular complexity index is 695. The fraction of sp³-hybridized carbons (Fsp3) is 0. The van der Waals surface area contributed by atoms with Gasteiger partial charge in [-0.05, 0) is 12.2 Å². The van der Waals surface area contributed by atoms with Crippen LogP contribution in [0.4, 0.5) is 5.82 Å². The number of nitrogens with two attached hydrogens (primary N) is 1. The summed E-state index contributed by atoms with van der Waals surface area (Å²) in [6, 6.07) is 0. The summed E-state index contributed by atoms with van der Waals surface area (Å²) in [7, 11) is 0. The predicted octanol–water partition coefficient (Wildman–Crippen LogP) is 1.52. The normalized spacial score (nSPS) is 11.0. The van der Waals surface area contributed by atoms with E-state index in [1.54, 1.807) is 17.1 Å². The number of nitrogen functional groups attached to an aromatic ring is 1. The fourth-order valence-corrected chi connectivity index (χ4v) is 2.22. The molecule has 3 rings (SSSR count). The van der Waals surface area contributed by atoms with Gasteiger partial charge in [0.05, 0.1) is 0 Å². The van der Waals surface area contributed by atoms with Gasteiger partial charge in [0.25, 0.3) is 0 Å². The van der Waals surface area contributed by atoms with Gasteiger partial charge in [-0.25, -0.2) is 9.97 Å². The summed E-state index contributed by atoms with van der Waals surface area (Å²) in [5, 5.41) is 2.67. The molecule has 0 radical (unpaired) electrons. The van der Waals surface area contributed by atoms with Crippen LogP contribution in [-0.4, -0.2) is 24.5 Å². The minimum atomic E-state index is 0.336. The van der Waals surface area contributed by atoms with Crippen LogP contribution in [0.15, 0.2) is 17.9 Å². The maximum Gasteiger partial charge on any atom is 0.200 e. The largest absolute Gasteiger partial charge is 0.383 e. The number of thiazole rings is 1. The molecule has 0 spiro atoms. The molecule has 3 heterocycles. The summed E-state index contributed by atoms with van der Waals surface area (Å²) in [5.74, 6) is 0.422. The zero-order valence-electron chi connectivity index (χ0n) is 7.91. The molecule has 3 aromatic heterocycles. The highest BCUT2D eigenvalue weighted by atomic mass is 32.1. The van der Waals surface area contributed by atoms with Crippen LogP contribution in [0.3, 0.4) is 0 Å². The van der Waals surface area contributed by atoms with E-state index in [2.05, 4.69) is 19.9 Å². The van der Waals surface area contributed by atoms with Crippen molar-refractivity contribution in [1.29, 1.82) is 0 Å². The zero-order valence-corrected chi connectivity index (χ0v) is 9.55. The van der Waals surface area contributed by atoms with Gasteiger partial charge in [-0.2, -0.15) is 4.98 Å². The van der Waals surface area contributed by atoms with Gasteiger partial charge in [-0.15, -0.1) is 11.3 Å². The third-order valence-corrected chi connectivity index (χ3v) is 3.04. The van der Waals surface area contributed by atoms with Gasteiger partial charge in [0, 0.05) is 11.6 Å². The Kier molecular flexibility index (Phi) is 1.98. The van der Waals surface area contributed by atoms with E-state index in [4.69, 9.17) is 18.0 Å². The topological polar surface area (TPSA) is 85.4 Å². The van der Waals surface area contributed by atoms with E-state index in [1.165, 1.54) is 11.3 Å². The van der Waals surface area contributed by atoms with Gasteiger partial charge in [-0.1, -0.05) is 0 Å².